The highest BCUT2D eigenvalue weighted by molar-refractivity contribution is 7.85. The standard InChI is InChI=1S/C21H19N3O6S/c1-23(2)15-8-6-14(7-9-15)4-3-5-18-19(21(26)27)22-24(20(18)25)16-10-12-17(13-11-16)31(28,29)30/h3-13H,1-2H3,(H,26,27)(H,28,29,30)/b4-3+,18-5+. The molecule has 1 amide bonds. The van der Waals surface area contributed by atoms with E-state index in [9.17, 15) is 23.1 Å². The van der Waals surface area contributed by atoms with Gasteiger partial charge in [-0.3, -0.25) is 9.35 Å². The first-order valence-electron chi connectivity index (χ1n) is 8.98. The molecule has 0 unspecified atom stereocenters. The van der Waals surface area contributed by atoms with E-state index in [-0.39, 0.29) is 16.2 Å². The Kier molecular flexibility index (Phi) is 6.04. The van der Waals surface area contributed by atoms with Gasteiger partial charge in [0.1, 0.15) is 0 Å². The maximum absolute atomic E-state index is 12.7. The van der Waals surface area contributed by atoms with E-state index in [1.165, 1.54) is 18.2 Å². The first kappa shape index (κ1) is 21.9. The summed E-state index contributed by atoms with van der Waals surface area (Å²) in [6, 6.07) is 12.3. The van der Waals surface area contributed by atoms with Gasteiger partial charge in [-0.15, -0.1) is 0 Å². The SMILES string of the molecule is CN(C)c1ccc(/C=C/C=C2/C(=O)N(c3ccc(S(=O)(=O)O)cc3)N=C2C(=O)O)cc1. The fraction of sp³-hybridized carbons (Fsp3) is 0.0952. The lowest BCUT2D eigenvalue weighted by Crippen LogP contribution is -2.22. The molecule has 1 heterocycles. The van der Waals surface area contributed by atoms with Crippen LogP contribution in [0.1, 0.15) is 5.56 Å². The molecule has 3 rings (SSSR count). The molecule has 0 aliphatic carbocycles. The number of carbonyl (C=O) groups excluding carboxylic acids is 1. The Morgan fingerprint density at radius 1 is 1.06 bits per heavy atom. The quantitative estimate of drug-likeness (QED) is 0.520. The molecule has 2 aromatic rings. The van der Waals surface area contributed by atoms with Crippen molar-refractivity contribution < 1.29 is 27.7 Å². The molecule has 2 N–H and O–H groups in total. The van der Waals surface area contributed by atoms with Crippen molar-refractivity contribution in [2.45, 2.75) is 4.90 Å². The summed E-state index contributed by atoms with van der Waals surface area (Å²) in [7, 11) is -0.541. The van der Waals surface area contributed by atoms with Gasteiger partial charge in [0.05, 0.1) is 16.2 Å². The van der Waals surface area contributed by atoms with Crippen LogP contribution in [0, 0.1) is 0 Å². The lowest BCUT2D eigenvalue weighted by atomic mass is 10.1. The van der Waals surface area contributed by atoms with Crippen molar-refractivity contribution in [2.24, 2.45) is 5.10 Å². The van der Waals surface area contributed by atoms with Crippen LogP contribution in [-0.4, -0.2) is 49.8 Å². The second-order valence-electron chi connectivity index (χ2n) is 6.77. The smallest absolute Gasteiger partial charge is 0.357 e. The molecule has 0 bridgehead atoms. The summed E-state index contributed by atoms with van der Waals surface area (Å²) in [6.07, 6.45) is 4.64. The van der Waals surface area contributed by atoms with Gasteiger partial charge in [-0.1, -0.05) is 24.3 Å². The van der Waals surface area contributed by atoms with E-state index in [2.05, 4.69) is 5.10 Å². The molecule has 0 saturated heterocycles. The van der Waals surface area contributed by atoms with Gasteiger partial charge in [-0.2, -0.15) is 18.5 Å². The zero-order valence-electron chi connectivity index (χ0n) is 16.6. The zero-order chi connectivity index (χ0) is 22.8. The van der Waals surface area contributed by atoms with Crippen molar-refractivity contribution in [3.05, 3.63) is 71.8 Å². The molecular formula is C21H19N3O6S. The molecule has 0 radical (unpaired) electrons. The minimum Gasteiger partial charge on any atom is -0.476 e. The fourth-order valence-electron chi connectivity index (χ4n) is 2.80. The highest BCUT2D eigenvalue weighted by Crippen LogP contribution is 2.25. The summed E-state index contributed by atoms with van der Waals surface area (Å²) in [6.45, 7) is 0. The van der Waals surface area contributed by atoms with Gasteiger partial charge in [0.2, 0.25) is 0 Å². The number of hydrazone groups is 1. The van der Waals surface area contributed by atoms with E-state index < -0.39 is 27.7 Å². The molecular weight excluding hydrogens is 422 g/mol. The molecule has 9 nitrogen and oxygen atoms in total. The van der Waals surface area contributed by atoms with Crippen LogP contribution in [0.5, 0.6) is 0 Å². The minimum absolute atomic E-state index is 0.118. The van der Waals surface area contributed by atoms with Crippen LogP contribution in [0.25, 0.3) is 6.08 Å². The third-order valence-corrected chi connectivity index (χ3v) is 5.29. The van der Waals surface area contributed by atoms with Crippen molar-refractivity contribution in [3.63, 3.8) is 0 Å². The number of carboxylic acids is 1. The van der Waals surface area contributed by atoms with Gasteiger partial charge >= 0.3 is 5.97 Å². The molecule has 0 saturated carbocycles. The maximum atomic E-state index is 12.7. The maximum Gasteiger partial charge on any atom is 0.357 e. The van der Waals surface area contributed by atoms with Gasteiger partial charge in [-0.25, -0.2) is 4.79 Å². The molecule has 31 heavy (non-hydrogen) atoms. The van der Waals surface area contributed by atoms with E-state index in [0.29, 0.717) is 0 Å². The number of carbonyl (C=O) groups is 2. The van der Waals surface area contributed by atoms with Crippen molar-refractivity contribution in [2.75, 3.05) is 24.0 Å². The van der Waals surface area contributed by atoms with Crippen LogP contribution >= 0.6 is 0 Å². The van der Waals surface area contributed by atoms with Crippen molar-refractivity contribution in [3.8, 4) is 0 Å². The van der Waals surface area contributed by atoms with E-state index in [4.69, 9.17) is 4.55 Å². The molecule has 10 heteroatoms. The monoisotopic (exact) mass is 441 g/mol. The molecule has 0 spiro atoms. The van der Waals surface area contributed by atoms with Gasteiger partial charge in [0.15, 0.2) is 5.71 Å². The second kappa shape index (κ2) is 8.54. The number of carboxylic acid groups (broad SMARTS) is 1. The number of hydrogen-bond donors (Lipinski definition) is 2. The summed E-state index contributed by atoms with van der Waals surface area (Å²) < 4.78 is 31.4. The summed E-state index contributed by atoms with van der Waals surface area (Å²) >= 11 is 0. The van der Waals surface area contributed by atoms with Gasteiger partial charge < -0.3 is 10.0 Å². The average Bonchev–Trinajstić information content (AvgIpc) is 3.04. The number of rotatable bonds is 6. The zero-order valence-corrected chi connectivity index (χ0v) is 17.4. The van der Waals surface area contributed by atoms with E-state index in [1.807, 2.05) is 43.3 Å². The summed E-state index contributed by atoms with van der Waals surface area (Å²) in [5.74, 6) is -2.05. The number of nitrogens with zero attached hydrogens (tertiary/aromatic N) is 3. The van der Waals surface area contributed by atoms with Gasteiger partial charge in [-0.05, 0) is 48.0 Å². The lowest BCUT2D eigenvalue weighted by molar-refractivity contribution is -0.129. The number of anilines is 2. The number of hydrogen-bond acceptors (Lipinski definition) is 6. The predicted octanol–water partition coefficient (Wildman–Crippen LogP) is 2.43. The van der Waals surface area contributed by atoms with Crippen molar-refractivity contribution in [1.29, 1.82) is 0 Å². The molecule has 1 aliphatic heterocycles. The van der Waals surface area contributed by atoms with Gasteiger partial charge in [0.25, 0.3) is 16.0 Å². The van der Waals surface area contributed by atoms with Crippen LogP contribution in [0.15, 0.2) is 76.3 Å². The van der Waals surface area contributed by atoms with Crippen LogP contribution in [0.3, 0.4) is 0 Å². The van der Waals surface area contributed by atoms with Crippen LogP contribution in [0.2, 0.25) is 0 Å². The Morgan fingerprint density at radius 3 is 2.19 bits per heavy atom. The topological polar surface area (TPSA) is 128 Å². The van der Waals surface area contributed by atoms with E-state index >= 15 is 0 Å². The molecule has 1 aliphatic rings. The molecule has 0 aromatic heterocycles. The lowest BCUT2D eigenvalue weighted by Gasteiger charge is -2.11. The molecule has 0 atom stereocenters. The van der Waals surface area contributed by atoms with Crippen molar-refractivity contribution in [1.82, 2.24) is 0 Å². The Bertz CT molecular complexity index is 1210. The Hall–Kier alpha value is -3.76. The number of benzene rings is 2. The van der Waals surface area contributed by atoms with Crippen LogP contribution < -0.4 is 9.91 Å². The average molecular weight is 441 g/mol. The molecule has 2 aromatic carbocycles. The van der Waals surface area contributed by atoms with E-state index in [0.717, 1.165) is 28.4 Å². The number of allylic oxidation sites excluding steroid dienone is 2. The first-order chi connectivity index (χ1) is 14.6. The normalized spacial score (nSPS) is 15.6. The van der Waals surface area contributed by atoms with Gasteiger partial charge in [0, 0.05) is 19.8 Å². The van der Waals surface area contributed by atoms with Crippen LogP contribution in [0.4, 0.5) is 11.4 Å². The second-order valence-corrected chi connectivity index (χ2v) is 8.19. The largest absolute Gasteiger partial charge is 0.476 e. The molecule has 160 valence electrons. The Labute approximate surface area is 179 Å². The van der Waals surface area contributed by atoms with Crippen LogP contribution in [-0.2, 0) is 19.7 Å². The summed E-state index contributed by atoms with van der Waals surface area (Å²) in [4.78, 5) is 25.9. The predicted molar refractivity (Wildman–Crippen MR) is 117 cm³/mol. The van der Waals surface area contributed by atoms with E-state index in [1.54, 1.807) is 12.2 Å². The third kappa shape index (κ3) is 4.87. The number of amides is 1. The Balaban J connectivity index is 1.86. The summed E-state index contributed by atoms with van der Waals surface area (Å²) in [5.41, 5.74) is 1.49. The first-order valence-corrected chi connectivity index (χ1v) is 10.4. The Morgan fingerprint density at radius 2 is 1.68 bits per heavy atom. The highest BCUT2D eigenvalue weighted by Gasteiger charge is 2.34. The van der Waals surface area contributed by atoms with Crippen molar-refractivity contribution >= 4 is 45.2 Å². The number of aliphatic carboxylic acids is 1. The summed E-state index contributed by atoms with van der Waals surface area (Å²) in [5, 5.41) is 14.1. The molecule has 0 fully saturated rings. The fourth-order valence-corrected chi connectivity index (χ4v) is 3.28. The highest BCUT2D eigenvalue weighted by atomic mass is 32.2. The third-order valence-electron chi connectivity index (χ3n) is 4.42. The minimum atomic E-state index is -4.39.